The second-order valence-electron chi connectivity index (χ2n) is 4.82. The van der Waals surface area contributed by atoms with E-state index in [2.05, 4.69) is 20.9 Å². The van der Waals surface area contributed by atoms with Crippen molar-refractivity contribution < 1.29 is 5.11 Å². The summed E-state index contributed by atoms with van der Waals surface area (Å²) in [6.45, 7) is 3.62. The predicted octanol–water partition coefficient (Wildman–Crippen LogP) is 2.04. The Balaban J connectivity index is 1.92. The van der Waals surface area contributed by atoms with E-state index in [1.807, 2.05) is 12.3 Å². The van der Waals surface area contributed by atoms with Crippen LogP contribution >= 0.6 is 11.3 Å². The maximum absolute atomic E-state index is 9.96. The van der Waals surface area contributed by atoms with Crippen LogP contribution in [-0.4, -0.2) is 33.8 Å². The van der Waals surface area contributed by atoms with Gasteiger partial charge in [0.2, 0.25) is 0 Å². The molecule has 1 N–H and O–H groups in total. The topological polar surface area (TPSA) is 49.2 Å². The van der Waals surface area contributed by atoms with Crippen LogP contribution in [0.3, 0.4) is 0 Å². The van der Waals surface area contributed by atoms with Crippen molar-refractivity contribution in [3.63, 3.8) is 0 Å². The van der Waals surface area contributed by atoms with E-state index < -0.39 is 5.60 Å². The van der Waals surface area contributed by atoms with Gasteiger partial charge in [0.25, 0.3) is 0 Å². The molecule has 1 aliphatic rings. The van der Waals surface area contributed by atoms with Crippen LogP contribution in [0.2, 0.25) is 0 Å². The minimum absolute atomic E-state index is 0.517. The van der Waals surface area contributed by atoms with Crippen LogP contribution in [0.15, 0.2) is 17.8 Å². The molecule has 1 fully saturated rings. The predicted molar refractivity (Wildman–Crippen MR) is 69.5 cm³/mol. The van der Waals surface area contributed by atoms with E-state index in [0.29, 0.717) is 0 Å². The highest BCUT2D eigenvalue weighted by atomic mass is 32.1. The number of thiophene rings is 1. The molecule has 2 aromatic heterocycles. The lowest BCUT2D eigenvalue weighted by atomic mass is 9.94. The largest absolute Gasteiger partial charge is 0.390 e. The number of anilines is 1. The average molecular weight is 249 g/mol. The molecule has 0 bridgehead atoms. The zero-order chi connectivity index (χ0) is 11.9. The van der Waals surface area contributed by atoms with Gasteiger partial charge < -0.3 is 10.0 Å². The highest BCUT2D eigenvalue weighted by Gasteiger charge is 2.28. The van der Waals surface area contributed by atoms with E-state index in [4.69, 9.17) is 0 Å². The van der Waals surface area contributed by atoms with Gasteiger partial charge in [-0.15, -0.1) is 11.3 Å². The number of aromatic nitrogens is 2. The standard InChI is InChI=1S/C12H15N3OS/c1-12(16)3-5-15(6-4-12)10-9-2-7-17-11(9)14-8-13-10/h2,7-8,16H,3-6H2,1H3. The molecular weight excluding hydrogens is 234 g/mol. The summed E-state index contributed by atoms with van der Waals surface area (Å²) in [5, 5.41) is 13.1. The zero-order valence-electron chi connectivity index (χ0n) is 9.76. The summed E-state index contributed by atoms with van der Waals surface area (Å²) in [7, 11) is 0. The van der Waals surface area contributed by atoms with Gasteiger partial charge in [0.05, 0.1) is 11.0 Å². The minimum Gasteiger partial charge on any atom is -0.390 e. The molecule has 0 atom stereocenters. The zero-order valence-corrected chi connectivity index (χ0v) is 10.6. The molecule has 90 valence electrons. The number of fused-ring (bicyclic) bond motifs is 1. The van der Waals surface area contributed by atoms with Gasteiger partial charge in [-0.3, -0.25) is 0 Å². The first-order valence-electron chi connectivity index (χ1n) is 5.81. The van der Waals surface area contributed by atoms with E-state index in [1.165, 1.54) is 0 Å². The van der Waals surface area contributed by atoms with Crippen LogP contribution < -0.4 is 4.90 Å². The molecule has 1 saturated heterocycles. The third-order valence-electron chi connectivity index (χ3n) is 3.38. The van der Waals surface area contributed by atoms with Crippen LogP contribution in [0.1, 0.15) is 19.8 Å². The maximum Gasteiger partial charge on any atom is 0.140 e. The Morgan fingerprint density at radius 3 is 2.88 bits per heavy atom. The van der Waals surface area contributed by atoms with E-state index in [9.17, 15) is 5.11 Å². The molecule has 0 unspecified atom stereocenters. The van der Waals surface area contributed by atoms with E-state index >= 15 is 0 Å². The molecule has 0 aliphatic carbocycles. The molecule has 0 radical (unpaired) electrons. The lowest BCUT2D eigenvalue weighted by molar-refractivity contribution is 0.0350. The first kappa shape index (κ1) is 10.9. The lowest BCUT2D eigenvalue weighted by Gasteiger charge is -2.36. The fourth-order valence-corrected chi connectivity index (χ4v) is 2.96. The fourth-order valence-electron chi connectivity index (χ4n) is 2.23. The number of hydrogen-bond acceptors (Lipinski definition) is 5. The Labute approximate surface area is 104 Å². The highest BCUT2D eigenvalue weighted by molar-refractivity contribution is 7.16. The van der Waals surface area contributed by atoms with Crippen molar-refractivity contribution in [2.24, 2.45) is 0 Å². The second-order valence-corrected chi connectivity index (χ2v) is 5.72. The van der Waals surface area contributed by atoms with Crippen molar-refractivity contribution in [1.29, 1.82) is 0 Å². The molecular formula is C12H15N3OS. The third-order valence-corrected chi connectivity index (χ3v) is 4.20. The molecule has 2 aromatic rings. The Morgan fingerprint density at radius 1 is 1.35 bits per heavy atom. The molecule has 3 heterocycles. The Morgan fingerprint density at radius 2 is 2.12 bits per heavy atom. The van der Waals surface area contributed by atoms with Gasteiger partial charge in [0.15, 0.2) is 0 Å². The number of aliphatic hydroxyl groups is 1. The lowest BCUT2D eigenvalue weighted by Crippen LogP contribution is -2.42. The highest BCUT2D eigenvalue weighted by Crippen LogP contribution is 2.30. The Kier molecular flexibility index (Phi) is 2.52. The molecule has 1 aliphatic heterocycles. The van der Waals surface area contributed by atoms with Gasteiger partial charge in [-0.2, -0.15) is 0 Å². The SMILES string of the molecule is CC1(O)CCN(c2ncnc3sccc23)CC1. The van der Waals surface area contributed by atoms with Crippen molar-refractivity contribution in [3.8, 4) is 0 Å². The van der Waals surface area contributed by atoms with Gasteiger partial charge >= 0.3 is 0 Å². The first-order valence-corrected chi connectivity index (χ1v) is 6.69. The summed E-state index contributed by atoms with van der Waals surface area (Å²) < 4.78 is 0. The summed E-state index contributed by atoms with van der Waals surface area (Å²) >= 11 is 1.64. The quantitative estimate of drug-likeness (QED) is 0.840. The van der Waals surface area contributed by atoms with Crippen molar-refractivity contribution >= 4 is 27.4 Å². The number of piperidine rings is 1. The Hall–Kier alpha value is -1.20. The molecule has 0 aromatic carbocycles. The van der Waals surface area contributed by atoms with Crippen LogP contribution in [0, 0.1) is 0 Å². The van der Waals surface area contributed by atoms with Gasteiger partial charge in [0, 0.05) is 13.1 Å². The summed E-state index contributed by atoms with van der Waals surface area (Å²) in [5.41, 5.74) is -0.517. The third kappa shape index (κ3) is 2.00. The normalized spacial score (nSPS) is 19.8. The number of rotatable bonds is 1. The second kappa shape index (κ2) is 3.92. The smallest absolute Gasteiger partial charge is 0.140 e. The average Bonchev–Trinajstić information content (AvgIpc) is 2.77. The van der Waals surface area contributed by atoms with Gasteiger partial charge in [-0.05, 0) is 31.2 Å². The van der Waals surface area contributed by atoms with E-state index in [0.717, 1.165) is 42.0 Å². The van der Waals surface area contributed by atoms with Crippen molar-refractivity contribution in [1.82, 2.24) is 9.97 Å². The molecule has 17 heavy (non-hydrogen) atoms. The van der Waals surface area contributed by atoms with Gasteiger partial charge in [-0.1, -0.05) is 0 Å². The van der Waals surface area contributed by atoms with Gasteiger partial charge in [0.1, 0.15) is 17.0 Å². The molecule has 0 amide bonds. The van der Waals surface area contributed by atoms with Crippen LogP contribution in [0.25, 0.3) is 10.2 Å². The Bertz CT molecular complexity index is 527. The molecule has 0 saturated carbocycles. The maximum atomic E-state index is 9.96. The minimum atomic E-state index is -0.517. The van der Waals surface area contributed by atoms with Crippen molar-refractivity contribution in [2.45, 2.75) is 25.4 Å². The molecule has 5 heteroatoms. The summed E-state index contributed by atoms with van der Waals surface area (Å²) in [5.74, 6) is 1.01. The summed E-state index contributed by atoms with van der Waals surface area (Å²) in [4.78, 5) is 11.9. The van der Waals surface area contributed by atoms with Crippen LogP contribution in [-0.2, 0) is 0 Å². The number of nitrogens with zero attached hydrogens (tertiary/aromatic N) is 3. The van der Waals surface area contributed by atoms with E-state index in [1.54, 1.807) is 17.7 Å². The first-order chi connectivity index (χ1) is 8.16. The monoisotopic (exact) mass is 249 g/mol. The molecule has 0 spiro atoms. The van der Waals surface area contributed by atoms with Crippen LogP contribution in [0.4, 0.5) is 5.82 Å². The van der Waals surface area contributed by atoms with Gasteiger partial charge in [-0.25, -0.2) is 9.97 Å². The van der Waals surface area contributed by atoms with Crippen molar-refractivity contribution in [2.75, 3.05) is 18.0 Å². The van der Waals surface area contributed by atoms with E-state index in [-0.39, 0.29) is 0 Å². The summed E-state index contributed by atoms with van der Waals surface area (Å²) in [6, 6.07) is 2.07. The summed E-state index contributed by atoms with van der Waals surface area (Å²) in [6.07, 6.45) is 3.21. The fraction of sp³-hybridized carbons (Fsp3) is 0.500. The molecule has 4 nitrogen and oxygen atoms in total. The van der Waals surface area contributed by atoms with Crippen LogP contribution in [0.5, 0.6) is 0 Å². The number of hydrogen-bond donors (Lipinski definition) is 1. The molecule has 3 rings (SSSR count). The van der Waals surface area contributed by atoms with Crippen molar-refractivity contribution in [3.05, 3.63) is 17.8 Å².